The molecule has 0 bridgehead atoms. The number of thioether (sulfide) groups is 1. The summed E-state index contributed by atoms with van der Waals surface area (Å²) in [4.78, 5) is 21.6. The van der Waals surface area contributed by atoms with Crippen molar-refractivity contribution in [2.75, 3.05) is 12.3 Å². The number of amides is 1. The van der Waals surface area contributed by atoms with E-state index in [-0.39, 0.29) is 5.91 Å². The number of rotatable bonds is 6. The Hall–Kier alpha value is -1.44. The fourth-order valence-corrected chi connectivity index (χ4v) is 4.32. The molecule has 1 amide bonds. The largest absolute Gasteiger partial charge is 0.355 e. The standard InChI is InChI=1S/C14H13N3OS3/c18-12(15-5-3-10-2-1-6-19-10)8-21-14-13-11(4-7-20-13)16-9-17-14/h1-2,4,6-7,9H,3,5,8H2,(H,15,18). The number of nitrogens with zero attached hydrogens (tertiary/aromatic N) is 2. The Bertz CT molecular complexity index is 724. The van der Waals surface area contributed by atoms with Crippen LogP contribution in [0.1, 0.15) is 4.88 Å². The lowest BCUT2D eigenvalue weighted by molar-refractivity contribution is -0.118. The van der Waals surface area contributed by atoms with Crippen LogP contribution in [-0.4, -0.2) is 28.2 Å². The van der Waals surface area contributed by atoms with E-state index < -0.39 is 0 Å². The van der Waals surface area contributed by atoms with Crippen LogP contribution in [0.3, 0.4) is 0 Å². The minimum Gasteiger partial charge on any atom is -0.355 e. The number of fused-ring (bicyclic) bond motifs is 1. The summed E-state index contributed by atoms with van der Waals surface area (Å²) in [5.41, 5.74) is 0.940. The lowest BCUT2D eigenvalue weighted by Gasteiger charge is -2.04. The molecule has 0 spiro atoms. The van der Waals surface area contributed by atoms with Gasteiger partial charge in [0.15, 0.2) is 0 Å². The molecule has 0 aliphatic rings. The van der Waals surface area contributed by atoms with Gasteiger partial charge in [-0.05, 0) is 29.3 Å². The van der Waals surface area contributed by atoms with E-state index in [1.54, 1.807) is 29.0 Å². The molecule has 0 fully saturated rings. The molecule has 108 valence electrons. The van der Waals surface area contributed by atoms with Gasteiger partial charge in [-0.3, -0.25) is 4.79 Å². The van der Waals surface area contributed by atoms with E-state index in [1.165, 1.54) is 16.6 Å². The molecule has 21 heavy (non-hydrogen) atoms. The fraction of sp³-hybridized carbons (Fsp3) is 0.214. The number of carbonyl (C=O) groups is 1. The molecule has 3 aromatic heterocycles. The second-order valence-electron chi connectivity index (χ2n) is 4.28. The molecule has 3 aromatic rings. The first kappa shape index (κ1) is 14.5. The van der Waals surface area contributed by atoms with Crippen LogP contribution in [0.4, 0.5) is 0 Å². The lowest BCUT2D eigenvalue weighted by atomic mass is 10.3. The van der Waals surface area contributed by atoms with E-state index in [1.807, 2.05) is 22.9 Å². The van der Waals surface area contributed by atoms with Crippen LogP contribution in [0.15, 0.2) is 40.3 Å². The highest BCUT2D eigenvalue weighted by atomic mass is 32.2. The third kappa shape index (κ3) is 3.81. The van der Waals surface area contributed by atoms with E-state index in [4.69, 9.17) is 0 Å². The zero-order valence-electron chi connectivity index (χ0n) is 11.1. The van der Waals surface area contributed by atoms with Crippen molar-refractivity contribution in [3.8, 4) is 0 Å². The summed E-state index contributed by atoms with van der Waals surface area (Å²) in [5, 5.41) is 7.86. The predicted octanol–water partition coefficient (Wildman–Crippen LogP) is 3.20. The molecule has 7 heteroatoms. The van der Waals surface area contributed by atoms with Gasteiger partial charge in [0.05, 0.1) is 16.0 Å². The SMILES string of the molecule is O=C(CSc1ncnc2ccsc12)NCCc1cccs1. The Morgan fingerprint density at radius 1 is 1.24 bits per heavy atom. The molecular formula is C14H13N3OS3. The fourth-order valence-electron chi connectivity index (χ4n) is 1.83. The minimum absolute atomic E-state index is 0.0416. The summed E-state index contributed by atoms with van der Waals surface area (Å²) in [6.07, 6.45) is 2.43. The molecule has 1 N–H and O–H groups in total. The number of carbonyl (C=O) groups excluding carboxylic acids is 1. The maximum absolute atomic E-state index is 11.9. The topological polar surface area (TPSA) is 54.9 Å². The number of thiophene rings is 2. The van der Waals surface area contributed by atoms with Crippen molar-refractivity contribution in [3.05, 3.63) is 40.2 Å². The van der Waals surface area contributed by atoms with Crippen LogP contribution in [0, 0.1) is 0 Å². The van der Waals surface area contributed by atoms with Crippen molar-refractivity contribution in [1.29, 1.82) is 0 Å². The van der Waals surface area contributed by atoms with Gasteiger partial charge in [-0.2, -0.15) is 0 Å². The molecular weight excluding hydrogens is 322 g/mol. The van der Waals surface area contributed by atoms with Gasteiger partial charge in [0.25, 0.3) is 0 Å². The Balaban J connectivity index is 1.48. The number of aromatic nitrogens is 2. The van der Waals surface area contributed by atoms with Crippen LogP contribution in [0.2, 0.25) is 0 Å². The monoisotopic (exact) mass is 335 g/mol. The van der Waals surface area contributed by atoms with Gasteiger partial charge in [0, 0.05) is 11.4 Å². The van der Waals surface area contributed by atoms with Crippen LogP contribution >= 0.6 is 34.4 Å². The highest BCUT2D eigenvalue weighted by Gasteiger charge is 2.08. The second kappa shape index (κ2) is 7.02. The highest BCUT2D eigenvalue weighted by Crippen LogP contribution is 2.28. The van der Waals surface area contributed by atoms with Crippen LogP contribution in [0.25, 0.3) is 10.2 Å². The van der Waals surface area contributed by atoms with Crippen LogP contribution in [0.5, 0.6) is 0 Å². The highest BCUT2D eigenvalue weighted by molar-refractivity contribution is 8.00. The Morgan fingerprint density at radius 3 is 3.05 bits per heavy atom. The number of hydrogen-bond acceptors (Lipinski definition) is 6. The molecule has 0 unspecified atom stereocenters. The molecule has 0 radical (unpaired) electrons. The summed E-state index contributed by atoms with van der Waals surface area (Å²) >= 11 is 4.78. The van der Waals surface area contributed by atoms with E-state index in [9.17, 15) is 4.79 Å². The van der Waals surface area contributed by atoms with Gasteiger partial charge < -0.3 is 5.32 Å². The quantitative estimate of drug-likeness (QED) is 0.555. The average Bonchev–Trinajstić information content (AvgIpc) is 3.16. The van der Waals surface area contributed by atoms with Crippen molar-refractivity contribution < 1.29 is 4.79 Å². The smallest absolute Gasteiger partial charge is 0.230 e. The van der Waals surface area contributed by atoms with E-state index in [0.29, 0.717) is 12.3 Å². The van der Waals surface area contributed by atoms with Gasteiger partial charge in [-0.15, -0.1) is 22.7 Å². The van der Waals surface area contributed by atoms with E-state index in [2.05, 4.69) is 21.4 Å². The lowest BCUT2D eigenvalue weighted by Crippen LogP contribution is -2.27. The van der Waals surface area contributed by atoms with Gasteiger partial charge in [0.1, 0.15) is 11.4 Å². The van der Waals surface area contributed by atoms with Crippen LogP contribution in [-0.2, 0) is 11.2 Å². The van der Waals surface area contributed by atoms with Crippen molar-refractivity contribution in [2.24, 2.45) is 0 Å². The summed E-state index contributed by atoms with van der Waals surface area (Å²) < 4.78 is 1.05. The van der Waals surface area contributed by atoms with Gasteiger partial charge >= 0.3 is 0 Å². The zero-order chi connectivity index (χ0) is 14.5. The van der Waals surface area contributed by atoms with Gasteiger partial charge in [-0.25, -0.2) is 9.97 Å². The molecule has 0 saturated carbocycles. The third-order valence-electron chi connectivity index (χ3n) is 2.82. The summed E-state index contributed by atoms with van der Waals surface area (Å²) in [6.45, 7) is 0.679. The minimum atomic E-state index is 0.0416. The van der Waals surface area contributed by atoms with Crippen molar-refractivity contribution >= 4 is 50.6 Å². The summed E-state index contributed by atoms with van der Waals surface area (Å²) in [6, 6.07) is 6.08. The van der Waals surface area contributed by atoms with Crippen molar-refractivity contribution in [3.63, 3.8) is 0 Å². The molecule has 0 aromatic carbocycles. The molecule has 0 atom stereocenters. The maximum Gasteiger partial charge on any atom is 0.230 e. The normalized spacial score (nSPS) is 10.9. The second-order valence-corrected chi connectivity index (χ2v) is 7.19. The molecule has 3 heterocycles. The number of hydrogen-bond donors (Lipinski definition) is 1. The van der Waals surface area contributed by atoms with E-state index in [0.717, 1.165) is 21.7 Å². The first-order valence-electron chi connectivity index (χ1n) is 6.43. The molecule has 0 aliphatic carbocycles. The van der Waals surface area contributed by atoms with Crippen molar-refractivity contribution in [2.45, 2.75) is 11.4 Å². The van der Waals surface area contributed by atoms with Gasteiger partial charge in [-0.1, -0.05) is 17.8 Å². The third-order valence-corrected chi connectivity index (χ3v) is 5.79. The Morgan fingerprint density at radius 2 is 2.19 bits per heavy atom. The maximum atomic E-state index is 11.9. The van der Waals surface area contributed by atoms with Crippen LogP contribution < -0.4 is 5.32 Å². The zero-order valence-corrected chi connectivity index (χ0v) is 13.6. The summed E-state index contributed by atoms with van der Waals surface area (Å²) in [7, 11) is 0. The average molecular weight is 335 g/mol. The molecule has 0 saturated heterocycles. The number of nitrogens with one attached hydrogen (secondary N) is 1. The molecule has 3 rings (SSSR count). The first-order chi connectivity index (χ1) is 10.3. The Kier molecular flexibility index (Phi) is 4.84. The van der Waals surface area contributed by atoms with Crippen molar-refractivity contribution in [1.82, 2.24) is 15.3 Å². The first-order valence-corrected chi connectivity index (χ1v) is 9.17. The molecule has 0 aliphatic heterocycles. The van der Waals surface area contributed by atoms with E-state index >= 15 is 0 Å². The molecule has 4 nitrogen and oxygen atoms in total. The Labute approximate surface area is 134 Å². The summed E-state index contributed by atoms with van der Waals surface area (Å²) in [5.74, 6) is 0.425. The predicted molar refractivity (Wildman–Crippen MR) is 89.2 cm³/mol. The van der Waals surface area contributed by atoms with Gasteiger partial charge in [0.2, 0.25) is 5.91 Å².